The van der Waals surface area contributed by atoms with Gasteiger partial charge in [0.25, 0.3) is 0 Å². The highest BCUT2D eigenvalue weighted by atomic mass is 35.5. The van der Waals surface area contributed by atoms with Crippen molar-refractivity contribution in [1.82, 2.24) is 19.9 Å². The molecule has 0 unspecified atom stereocenters. The van der Waals surface area contributed by atoms with Crippen molar-refractivity contribution < 1.29 is 10.2 Å². The predicted molar refractivity (Wildman–Crippen MR) is 188 cm³/mol. The number of hydrogen-bond donors (Lipinski definition) is 6. The molecule has 2 atom stereocenters. The summed E-state index contributed by atoms with van der Waals surface area (Å²) in [5.41, 5.74) is 11.5. The molecular formula is C32H38Cl2N8O2S2. The number of hydrogen-bond acceptors (Lipinski definition) is 12. The predicted octanol–water partition coefficient (Wildman–Crippen LogP) is 7.16. The second kappa shape index (κ2) is 16.7. The maximum atomic E-state index is 10.2. The van der Waals surface area contributed by atoms with Gasteiger partial charge in [-0.05, 0) is 87.1 Å². The van der Waals surface area contributed by atoms with E-state index in [2.05, 4.69) is 30.6 Å². The Bertz CT molecular complexity index is 1560. The average Bonchev–Trinajstić information content (AvgIpc) is 3.04. The quantitative estimate of drug-likeness (QED) is 0.110. The summed E-state index contributed by atoms with van der Waals surface area (Å²) in [6.07, 6.45) is 10.3. The molecule has 2 aliphatic rings. The van der Waals surface area contributed by atoms with E-state index in [0.29, 0.717) is 21.9 Å². The summed E-state index contributed by atoms with van der Waals surface area (Å²) >= 11 is 15.0. The van der Waals surface area contributed by atoms with Crippen molar-refractivity contribution >= 4 is 70.3 Å². The van der Waals surface area contributed by atoms with E-state index >= 15 is 0 Å². The van der Waals surface area contributed by atoms with E-state index in [4.69, 9.17) is 34.7 Å². The summed E-state index contributed by atoms with van der Waals surface area (Å²) in [5.74, 6) is 1.89. The van der Waals surface area contributed by atoms with Crippen LogP contribution in [-0.2, 0) is 0 Å². The summed E-state index contributed by atoms with van der Waals surface area (Å²) in [4.78, 5) is 20.7. The Hall–Kier alpha value is -3.00. The van der Waals surface area contributed by atoms with E-state index in [0.717, 1.165) is 76.8 Å². The van der Waals surface area contributed by atoms with E-state index < -0.39 is 0 Å². The zero-order valence-electron chi connectivity index (χ0n) is 25.2. The highest BCUT2D eigenvalue weighted by Crippen LogP contribution is 2.35. The highest BCUT2D eigenvalue weighted by Gasteiger charge is 2.24. The third kappa shape index (κ3) is 10.2. The SMILES string of the molecule is Nc1ncc(Sc2ccc(Cl)cc2)c(N[C@@H]2CCCC[C@H]2O)n1.Nc1ncc(Sc2ccc(Cl)cc2)c(N[C@H]2CC[C@@H](O)CC2)n1. The zero-order chi connectivity index (χ0) is 32.5. The Morgan fingerprint density at radius 1 is 0.652 bits per heavy atom. The molecule has 0 saturated heterocycles. The lowest BCUT2D eigenvalue weighted by atomic mass is 9.93. The van der Waals surface area contributed by atoms with Crippen LogP contribution in [0.4, 0.5) is 23.5 Å². The number of aliphatic hydroxyl groups is 2. The maximum absolute atomic E-state index is 10.2. The molecule has 2 aromatic heterocycles. The Balaban J connectivity index is 0.000000181. The fourth-order valence-electron chi connectivity index (χ4n) is 5.25. The molecule has 2 heterocycles. The number of aliphatic hydroxyl groups excluding tert-OH is 2. The molecule has 2 aromatic carbocycles. The van der Waals surface area contributed by atoms with Gasteiger partial charge in [0.05, 0.1) is 28.0 Å². The molecular weight excluding hydrogens is 663 g/mol. The van der Waals surface area contributed by atoms with Crippen LogP contribution in [0.15, 0.2) is 80.5 Å². The lowest BCUT2D eigenvalue weighted by molar-refractivity contribution is 0.116. The molecule has 4 aromatic rings. The molecule has 0 bridgehead atoms. The number of halogens is 2. The second-order valence-corrected chi connectivity index (χ2v) is 14.4. The molecule has 0 aliphatic heterocycles. The van der Waals surface area contributed by atoms with Crippen LogP contribution in [0.3, 0.4) is 0 Å². The molecule has 244 valence electrons. The minimum atomic E-state index is -0.353. The molecule has 46 heavy (non-hydrogen) atoms. The Morgan fingerprint density at radius 2 is 1.13 bits per heavy atom. The van der Waals surface area contributed by atoms with Gasteiger partial charge in [-0.2, -0.15) is 9.97 Å². The smallest absolute Gasteiger partial charge is 0.221 e. The van der Waals surface area contributed by atoms with Gasteiger partial charge in [-0.3, -0.25) is 0 Å². The lowest BCUT2D eigenvalue weighted by Gasteiger charge is -2.29. The summed E-state index contributed by atoms with van der Waals surface area (Å²) in [5, 5.41) is 28.0. The third-order valence-corrected chi connectivity index (χ3v) is 10.3. The molecule has 6 rings (SSSR count). The van der Waals surface area contributed by atoms with E-state index in [1.807, 2.05) is 48.5 Å². The van der Waals surface area contributed by atoms with Crippen LogP contribution < -0.4 is 22.1 Å². The molecule has 0 radical (unpaired) electrons. The fraction of sp³-hybridized carbons (Fsp3) is 0.375. The molecule has 10 nitrogen and oxygen atoms in total. The van der Waals surface area contributed by atoms with E-state index in [-0.39, 0.29) is 30.1 Å². The highest BCUT2D eigenvalue weighted by molar-refractivity contribution is 7.99. The number of aromatic nitrogens is 4. The molecule has 2 aliphatic carbocycles. The first-order valence-electron chi connectivity index (χ1n) is 15.2. The molecule has 0 spiro atoms. The van der Waals surface area contributed by atoms with E-state index in [1.165, 1.54) is 11.8 Å². The zero-order valence-corrected chi connectivity index (χ0v) is 28.3. The maximum Gasteiger partial charge on any atom is 0.221 e. The number of nitrogens with zero attached hydrogens (tertiary/aromatic N) is 4. The summed E-state index contributed by atoms with van der Waals surface area (Å²) in [7, 11) is 0. The summed E-state index contributed by atoms with van der Waals surface area (Å²) in [6.45, 7) is 0. The summed E-state index contributed by atoms with van der Waals surface area (Å²) in [6, 6.07) is 15.5. The third-order valence-electron chi connectivity index (χ3n) is 7.72. The first kappa shape index (κ1) is 34.3. The summed E-state index contributed by atoms with van der Waals surface area (Å²) < 4.78 is 0. The van der Waals surface area contributed by atoms with Crippen LogP contribution in [0.25, 0.3) is 0 Å². The number of nitrogen functional groups attached to an aromatic ring is 2. The fourth-order valence-corrected chi connectivity index (χ4v) is 7.17. The first-order valence-corrected chi connectivity index (χ1v) is 17.6. The van der Waals surface area contributed by atoms with E-state index in [9.17, 15) is 10.2 Å². The minimum absolute atomic E-state index is 0.00242. The largest absolute Gasteiger partial charge is 0.393 e. The van der Waals surface area contributed by atoms with Crippen molar-refractivity contribution in [3.63, 3.8) is 0 Å². The molecule has 8 N–H and O–H groups in total. The first-order chi connectivity index (χ1) is 22.2. The molecule has 0 amide bonds. The number of benzene rings is 2. The molecule has 14 heteroatoms. The number of nitrogens with one attached hydrogen (secondary N) is 2. The monoisotopic (exact) mass is 700 g/mol. The van der Waals surface area contributed by atoms with Crippen LogP contribution in [0, 0.1) is 0 Å². The van der Waals surface area contributed by atoms with Crippen LogP contribution in [0.2, 0.25) is 10.0 Å². The standard InChI is InChI=1S/2C16H19ClN4OS/c17-10-1-7-13(8-2-10)23-14-9-19-16(18)21-15(14)20-11-3-5-12(22)6-4-11;17-10-5-7-11(8-6-10)23-14-9-19-16(18)21-15(14)20-12-3-1-2-4-13(12)22/h1-2,7-9,11-12,22H,3-6H2,(H3,18,19,20,21);5-9,12-13,22H,1-4H2,(H3,18,19,20,21)/t11-,12+;12-,13-/m.1/s1. The van der Waals surface area contributed by atoms with Crippen molar-refractivity contribution in [2.45, 2.75) is 95.2 Å². The second-order valence-electron chi connectivity index (χ2n) is 11.2. The number of anilines is 4. The van der Waals surface area contributed by atoms with Gasteiger partial charge in [0.2, 0.25) is 11.9 Å². The van der Waals surface area contributed by atoms with Gasteiger partial charge in [0, 0.05) is 38.3 Å². The van der Waals surface area contributed by atoms with Crippen LogP contribution in [0.5, 0.6) is 0 Å². The Kier molecular flexibility index (Phi) is 12.5. The lowest BCUT2D eigenvalue weighted by Crippen LogP contribution is -2.36. The van der Waals surface area contributed by atoms with Crippen LogP contribution in [-0.4, -0.2) is 54.4 Å². The topological polar surface area (TPSA) is 168 Å². The van der Waals surface area contributed by atoms with Gasteiger partial charge < -0.3 is 32.3 Å². The number of rotatable bonds is 8. The van der Waals surface area contributed by atoms with Crippen molar-refractivity contribution in [2.24, 2.45) is 0 Å². The number of nitrogens with two attached hydrogens (primary N) is 2. The minimum Gasteiger partial charge on any atom is -0.393 e. The van der Waals surface area contributed by atoms with Gasteiger partial charge in [-0.25, -0.2) is 9.97 Å². The van der Waals surface area contributed by atoms with Gasteiger partial charge in [-0.1, -0.05) is 59.6 Å². The van der Waals surface area contributed by atoms with Crippen molar-refractivity contribution in [2.75, 3.05) is 22.1 Å². The van der Waals surface area contributed by atoms with Crippen LogP contribution in [0.1, 0.15) is 51.4 Å². The molecule has 2 saturated carbocycles. The molecule has 2 fully saturated rings. The van der Waals surface area contributed by atoms with Crippen molar-refractivity contribution in [1.29, 1.82) is 0 Å². The van der Waals surface area contributed by atoms with Gasteiger partial charge in [0.1, 0.15) is 11.6 Å². The normalized spacial score (nSPS) is 21.1. The van der Waals surface area contributed by atoms with Gasteiger partial charge in [-0.15, -0.1) is 0 Å². The van der Waals surface area contributed by atoms with Crippen molar-refractivity contribution in [3.05, 3.63) is 71.0 Å². The van der Waals surface area contributed by atoms with Gasteiger partial charge in [0.15, 0.2) is 0 Å². The van der Waals surface area contributed by atoms with Crippen LogP contribution >= 0.6 is 46.7 Å². The van der Waals surface area contributed by atoms with Gasteiger partial charge >= 0.3 is 0 Å². The Morgan fingerprint density at radius 3 is 1.63 bits per heavy atom. The van der Waals surface area contributed by atoms with E-state index in [1.54, 1.807) is 24.2 Å². The average molecular weight is 702 g/mol. The van der Waals surface area contributed by atoms with Crippen molar-refractivity contribution in [3.8, 4) is 0 Å². The Labute approximate surface area is 287 Å².